The molecule has 0 aliphatic heterocycles. The fourth-order valence-electron chi connectivity index (χ4n) is 1.02. The summed E-state index contributed by atoms with van der Waals surface area (Å²) in [6.07, 6.45) is 0.939. The quantitative estimate of drug-likeness (QED) is 0.627. The molecule has 56 valence electrons. The van der Waals surface area contributed by atoms with Crippen LogP contribution in [0.2, 0.25) is 0 Å². The molecule has 0 aliphatic rings. The van der Waals surface area contributed by atoms with Crippen LogP contribution in [0.5, 0.6) is 0 Å². The summed E-state index contributed by atoms with van der Waals surface area (Å²) >= 11 is 0. The molecular weight excluding hydrogens is 126 g/mol. The van der Waals surface area contributed by atoms with Crippen LogP contribution in [0.4, 0.5) is 5.82 Å². The highest BCUT2D eigenvalue weighted by atomic mass is 15.1. The van der Waals surface area contributed by atoms with Crippen LogP contribution in [0.25, 0.3) is 0 Å². The lowest BCUT2D eigenvalue weighted by molar-refractivity contribution is 0.815. The van der Waals surface area contributed by atoms with Crippen LogP contribution in [0.1, 0.15) is 18.4 Å². The number of hydrogen-bond acceptors (Lipinski definition) is 2. The molecule has 3 heteroatoms. The summed E-state index contributed by atoms with van der Waals surface area (Å²) in [6, 6.07) is 0. The number of anilines is 1. The maximum atomic E-state index is 5.68. The summed E-state index contributed by atoms with van der Waals surface area (Å²) < 4.78 is 1.93. The Labute approximate surface area is 60.9 Å². The molecule has 1 heterocycles. The number of aromatic nitrogens is 2. The highest BCUT2D eigenvalue weighted by Gasteiger charge is 2.04. The van der Waals surface area contributed by atoms with E-state index in [9.17, 15) is 0 Å². The van der Waals surface area contributed by atoms with Gasteiger partial charge in [-0.3, -0.25) is 0 Å². The SMILES string of the molecule is CCc1nc(C)c(N)n1C. The molecule has 0 radical (unpaired) electrons. The van der Waals surface area contributed by atoms with Crippen molar-refractivity contribution < 1.29 is 0 Å². The molecule has 0 saturated carbocycles. The van der Waals surface area contributed by atoms with Crippen LogP contribution in [-0.2, 0) is 13.5 Å². The first-order chi connectivity index (χ1) is 4.66. The van der Waals surface area contributed by atoms with Gasteiger partial charge in [0.15, 0.2) is 0 Å². The Morgan fingerprint density at radius 3 is 2.40 bits per heavy atom. The predicted octanol–water partition coefficient (Wildman–Crippen LogP) is 0.873. The largest absolute Gasteiger partial charge is 0.384 e. The zero-order valence-electron chi connectivity index (χ0n) is 6.68. The van der Waals surface area contributed by atoms with Crippen molar-refractivity contribution in [1.82, 2.24) is 9.55 Å². The van der Waals surface area contributed by atoms with Gasteiger partial charge < -0.3 is 10.3 Å². The van der Waals surface area contributed by atoms with Gasteiger partial charge in [0.05, 0.1) is 5.69 Å². The average molecular weight is 139 g/mol. The maximum absolute atomic E-state index is 5.68. The molecule has 0 fully saturated rings. The number of hydrogen-bond donors (Lipinski definition) is 1. The van der Waals surface area contributed by atoms with Crippen LogP contribution >= 0.6 is 0 Å². The number of nitrogens with zero attached hydrogens (tertiary/aromatic N) is 2. The number of nitrogen functional groups attached to an aromatic ring is 1. The van der Waals surface area contributed by atoms with E-state index < -0.39 is 0 Å². The first kappa shape index (κ1) is 7.12. The molecule has 2 N–H and O–H groups in total. The van der Waals surface area contributed by atoms with Gasteiger partial charge in [0.2, 0.25) is 0 Å². The van der Waals surface area contributed by atoms with Crippen LogP contribution in [0.15, 0.2) is 0 Å². The fraction of sp³-hybridized carbons (Fsp3) is 0.571. The lowest BCUT2D eigenvalue weighted by Crippen LogP contribution is -2.00. The van der Waals surface area contributed by atoms with Crippen LogP contribution in [-0.4, -0.2) is 9.55 Å². The average Bonchev–Trinajstić information content (AvgIpc) is 2.17. The van der Waals surface area contributed by atoms with Gasteiger partial charge in [0, 0.05) is 13.5 Å². The second-order valence-corrected chi connectivity index (χ2v) is 2.41. The normalized spacial score (nSPS) is 10.3. The maximum Gasteiger partial charge on any atom is 0.126 e. The van der Waals surface area contributed by atoms with E-state index in [0.29, 0.717) is 0 Å². The number of rotatable bonds is 1. The van der Waals surface area contributed by atoms with E-state index in [1.54, 1.807) is 0 Å². The second kappa shape index (κ2) is 2.33. The number of nitrogens with two attached hydrogens (primary N) is 1. The van der Waals surface area contributed by atoms with Crippen LogP contribution in [0.3, 0.4) is 0 Å². The van der Waals surface area contributed by atoms with Crippen molar-refractivity contribution in [3.63, 3.8) is 0 Å². The third kappa shape index (κ3) is 0.875. The second-order valence-electron chi connectivity index (χ2n) is 2.41. The first-order valence-corrected chi connectivity index (χ1v) is 3.44. The van der Waals surface area contributed by atoms with Gasteiger partial charge in [-0.1, -0.05) is 6.92 Å². The molecule has 0 saturated heterocycles. The smallest absolute Gasteiger partial charge is 0.126 e. The summed E-state index contributed by atoms with van der Waals surface area (Å²) in [7, 11) is 1.94. The minimum absolute atomic E-state index is 0.775. The van der Waals surface area contributed by atoms with Crippen molar-refractivity contribution >= 4 is 5.82 Å². The van der Waals surface area contributed by atoms with Gasteiger partial charge in [-0.25, -0.2) is 4.98 Å². The van der Waals surface area contributed by atoms with Crippen molar-refractivity contribution in [2.45, 2.75) is 20.3 Å². The van der Waals surface area contributed by atoms with Gasteiger partial charge in [-0.2, -0.15) is 0 Å². The molecule has 0 spiro atoms. The third-order valence-electron chi connectivity index (χ3n) is 1.73. The molecule has 1 aromatic heterocycles. The van der Waals surface area contributed by atoms with Crippen molar-refractivity contribution in [3.8, 4) is 0 Å². The first-order valence-electron chi connectivity index (χ1n) is 3.44. The van der Waals surface area contributed by atoms with Crippen molar-refractivity contribution in [2.75, 3.05) is 5.73 Å². The summed E-state index contributed by atoms with van der Waals surface area (Å²) in [6.45, 7) is 4.00. The van der Waals surface area contributed by atoms with Crippen molar-refractivity contribution in [2.24, 2.45) is 7.05 Å². The van der Waals surface area contributed by atoms with Gasteiger partial charge in [-0.05, 0) is 6.92 Å². The molecule has 0 atom stereocenters. The standard InChI is InChI=1S/C7H13N3/c1-4-6-9-5(2)7(8)10(6)3/h4,8H2,1-3H3. The fourth-order valence-corrected chi connectivity index (χ4v) is 1.02. The third-order valence-corrected chi connectivity index (χ3v) is 1.73. The Morgan fingerprint density at radius 2 is 2.20 bits per heavy atom. The molecule has 1 aromatic rings. The van der Waals surface area contributed by atoms with E-state index in [-0.39, 0.29) is 0 Å². The Balaban J connectivity index is 3.17. The van der Waals surface area contributed by atoms with E-state index in [1.165, 1.54) is 0 Å². The lowest BCUT2D eigenvalue weighted by Gasteiger charge is -1.97. The molecule has 0 aliphatic carbocycles. The molecule has 0 aromatic carbocycles. The highest BCUT2D eigenvalue weighted by Crippen LogP contribution is 2.10. The monoisotopic (exact) mass is 139 g/mol. The molecule has 0 bridgehead atoms. The summed E-state index contributed by atoms with van der Waals surface area (Å²) in [5, 5.41) is 0. The minimum Gasteiger partial charge on any atom is -0.384 e. The van der Waals surface area contributed by atoms with Crippen LogP contribution in [0, 0.1) is 6.92 Å². The van der Waals surface area contributed by atoms with E-state index in [1.807, 2.05) is 18.5 Å². The highest BCUT2D eigenvalue weighted by molar-refractivity contribution is 5.36. The van der Waals surface area contributed by atoms with E-state index in [4.69, 9.17) is 5.73 Å². The zero-order chi connectivity index (χ0) is 7.72. The Bertz CT molecular complexity index is 237. The number of imidazole rings is 1. The van der Waals surface area contributed by atoms with Gasteiger partial charge >= 0.3 is 0 Å². The predicted molar refractivity (Wildman–Crippen MR) is 41.7 cm³/mol. The molecule has 1 rings (SSSR count). The molecular formula is C7H13N3. The molecule has 0 amide bonds. The van der Waals surface area contributed by atoms with Crippen molar-refractivity contribution in [1.29, 1.82) is 0 Å². The van der Waals surface area contributed by atoms with Gasteiger partial charge in [-0.15, -0.1) is 0 Å². The lowest BCUT2D eigenvalue weighted by atomic mass is 10.5. The zero-order valence-corrected chi connectivity index (χ0v) is 6.68. The summed E-state index contributed by atoms with van der Waals surface area (Å²) in [4.78, 5) is 4.27. The number of aryl methyl sites for hydroxylation is 2. The van der Waals surface area contributed by atoms with Crippen LogP contribution < -0.4 is 5.73 Å². The Morgan fingerprint density at radius 1 is 1.60 bits per heavy atom. The molecule has 3 nitrogen and oxygen atoms in total. The van der Waals surface area contributed by atoms with E-state index >= 15 is 0 Å². The minimum atomic E-state index is 0.775. The Hall–Kier alpha value is -0.990. The van der Waals surface area contributed by atoms with Gasteiger partial charge in [0.25, 0.3) is 0 Å². The molecule has 10 heavy (non-hydrogen) atoms. The van der Waals surface area contributed by atoms with E-state index in [0.717, 1.165) is 23.8 Å². The Kier molecular flexibility index (Phi) is 1.66. The summed E-state index contributed by atoms with van der Waals surface area (Å²) in [5.74, 6) is 1.83. The topological polar surface area (TPSA) is 43.8 Å². The summed E-state index contributed by atoms with van der Waals surface area (Å²) in [5.41, 5.74) is 6.61. The van der Waals surface area contributed by atoms with Crippen molar-refractivity contribution in [3.05, 3.63) is 11.5 Å². The molecule has 0 unspecified atom stereocenters. The van der Waals surface area contributed by atoms with Gasteiger partial charge in [0.1, 0.15) is 11.6 Å². The van der Waals surface area contributed by atoms with E-state index in [2.05, 4.69) is 11.9 Å².